The average molecular weight is 247 g/mol. The molecule has 1 heterocycles. The van der Waals surface area contributed by atoms with Gasteiger partial charge in [-0.1, -0.05) is 0 Å². The number of nitrogens with one attached hydrogen (secondary N) is 2. The predicted molar refractivity (Wildman–Crippen MR) is 70.6 cm³/mol. The molecule has 5 nitrogen and oxygen atoms in total. The third-order valence-electron chi connectivity index (χ3n) is 2.79. The fourth-order valence-corrected chi connectivity index (χ4v) is 1.88. The van der Waals surface area contributed by atoms with Crippen LogP contribution in [-0.2, 0) is 11.2 Å². The molecule has 96 valence electrons. The Labute approximate surface area is 105 Å². The van der Waals surface area contributed by atoms with E-state index in [1.165, 1.54) is 0 Å². The molecule has 4 N–H and O–H groups in total. The van der Waals surface area contributed by atoms with Gasteiger partial charge in [0.05, 0.1) is 13.5 Å². The Hall–Kier alpha value is -2.01. The molecule has 0 unspecified atom stereocenters. The van der Waals surface area contributed by atoms with Crippen LogP contribution in [0.2, 0.25) is 0 Å². The molecule has 0 saturated heterocycles. The lowest BCUT2D eigenvalue weighted by Crippen LogP contribution is -2.30. The van der Waals surface area contributed by atoms with Crippen LogP contribution in [-0.4, -0.2) is 31.1 Å². The number of methoxy groups -OCH3 is 1. The van der Waals surface area contributed by atoms with Crippen molar-refractivity contribution in [3.05, 3.63) is 30.0 Å². The largest absolute Gasteiger partial charge is 0.497 e. The lowest BCUT2D eigenvalue weighted by Gasteiger charge is -2.03. The minimum atomic E-state index is -0.0239. The predicted octanol–water partition coefficient (Wildman–Crippen LogP) is 0.794. The summed E-state index contributed by atoms with van der Waals surface area (Å²) in [5.41, 5.74) is 7.30. The van der Waals surface area contributed by atoms with Gasteiger partial charge in [-0.2, -0.15) is 0 Å². The summed E-state index contributed by atoms with van der Waals surface area (Å²) in [6.45, 7) is 0.956. The molecule has 0 radical (unpaired) electrons. The van der Waals surface area contributed by atoms with E-state index >= 15 is 0 Å². The molecular formula is C13H17N3O2. The number of H-pyrrole nitrogens is 1. The molecule has 2 aromatic rings. The quantitative estimate of drug-likeness (QED) is 0.731. The summed E-state index contributed by atoms with van der Waals surface area (Å²) < 4.78 is 5.19. The van der Waals surface area contributed by atoms with Crippen molar-refractivity contribution in [2.75, 3.05) is 20.2 Å². The summed E-state index contributed by atoms with van der Waals surface area (Å²) in [6.07, 6.45) is 2.19. The summed E-state index contributed by atoms with van der Waals surface area (Å²) in [7, 11) is 1.63. The monoisotopic (exact) mass is 247 g/mol. The fourth-order valence-electron chi connectivity index (χ4n) is 1.88. The SMILES string of the molecule is COc1ccc2[nH]cc(CC(=O)NCCN)c2c1. The van der Waals surface area contributed by atoms with E-state index in [0.29, 0.717) is 19.5 Å². The van der Waals surface area contributed by atoms with Crippen LogP contribution in [0.1, 0.15) is 5.56 Å². The van der Waals surface area contributed by atoms with Crippen LogP contribution in [0, 0.1) is 0 Å². The topological polar surface area (TPSA) is 80.1 Å². The van der Waals surface area contributed by atoms with Gasteiger partial charge in [-0.25, -0.2) is 0 Å². The number of benzene rings is 1. The Morgan fingerprint density at radius 3 is 3.06 bits per heavy atom. The molecule has 1 aromatic heterocycles. The van der Waals surface area contributed by atoms with E-state index in [2.05, 4.69) is 10.3 Å². The van der Waals surface area contributed by atoms with Crippen molar-refractivity contribution >= 4 is 16.8 Å². The number of aromatic amines is 1. The zero-order valence-electron chi connectivity index (χ0n) is 10.3. The molecule has 0 atom stereocenters. The van der Waals surface area contributed by atoms with E-state index in [-0.39, 0.29) is 5.91 Å². The van der Waals surface area contributed by atoms with Crippen LogP contribution in [0.15, 0.2) is 24.4 Å². The van der Waals surface area contributed by atoms with Crippen LogP contribution in [0.3, 0.4) is 0 Å². The highest BCUT2D eigenvalue weighted by molar-refractivity contribution is 5.89. The van der Waals surface area contributed by atoms with Crippen LogP contribution >= 0.6 is 0 Å². The van der Waals surface area contributed by atoms with Crippen molar-refractivity contribution in [2.24, 2.45) is 5.73 Å². The first-order chi connectivity index (χ1) is 8.74. The lowest BCUT2D eigenvalue weighted by molar-refractivity contribution is -0.120. The van der Waals surface area contributed by atoms with E-state index in [0.717, 1.165) is 22.2 Å². The van der Waals surface area contributed by atoms with Crippen molar-refractivity contribution < 1.29 is 9.53 Å². The van der Waals surface area contributed by atoms with Gasteiger partial charge in [-0.3, -0.25) is 4.79 Å². The van der Waals surface area contributed by atoms with Gasteiger partial charge in [0.2, 0.25) is 5.91 Å². The van der Waals surface area contributed by atoms with E-state index in [9.17, 15) is 4.79 Å². The molecule has 0 bridgehead atoms. The molecule has 0 aliphatic carbocycles. The molecule has 0 spiro atoms. The summed E-state index contributed by atoms with van der Waals surface area (Å²) in [5.74, 6) is 0.759. The molecule has 2 rings (SSSR count). The molecular weight excluding hydrogens is 230 g/mol. The van der Waals surface area contributed by atoms with Gasteiger partial charge in [-0.15, -0.1) is 0 Å². The molecule has 0 fully saturated rings. The number of nitrogens with two attached hydrogens (primary N) is 1. The molecule has 0 aliphatic heterocycles. The third kappa shape index (κ3) is 2.62. The maximum absolute atomic E-state index is 11.7. The number of rotatable bonds is 5. The van der Waals surface area contributed by atoms with Crippen LogP contribution < -0.4 is 15.8 Å². The Morgan fingerprint density at radius 2 is 2.33 bits per heavy atom. The van der Waals surface area contributed by atoms with Crippen molar-refractivity contribution in [3.8, 4) is 5.75 Å². The molecule has 1 aromatic carbocycles. The summed E-state index contributed by atoms with van der Waals surface area (Å²) in [5, 5.41) is 3.77. The first-order valence-electron chi connectivity index (χ1n) is 5.85. The van der Waals surface area contributed by atoms with Crippen molar-refractivity contribution in [2.45, 2.75) is 6.42 Å². The Bertz CT molecular complexity index is 548. The number of amides is 1. The van der Waals surface area contributed by atoms with E-state index in [4.69, 9.17) is 10.5 Å². The van der Waals surface area contributed by atoms with E-state index in [1.54, 1.807) is 7.11 Å². The normalized spacial score (nSPS) is 10.6. The number of ether oxygens (including phenoxy) is 1. The van der Waals surface area contributed by atoms with E-state index < -0.39 is 0 Å². The van der Waals surface area contributed by atoms with Crippen LogP contribution in [0.25, 0.3) is 10.9 Å². The number of carbonyl (C=O) groups is 1. The van der Waals surface area contributed by atoms with Gasteiger partial charge in [0, 0.05) is 30.2 Å². The van der Waals surface area contributed by atoms with Gasteiger partial charge in [0.15, 0.2) is 0 Å². The Morgan fingerprint density at radius 1 is 1.50 bits per heavy atom. The van der Waals surface area contributed by atoms with Gasteiger partial charge < -0.3 is 20.8 Å². The average Bonchev–Trinajstić information content (AvgIpc) is 2.78. The summed E-state index contributed by atoms with van der Waals surface area (Å²) in [4.78, 5) is 14.8. The zero-order chi connectivity index (χ0) is 13.0. The molecule has 0 saturated carbocycles. The van der Waals surface area contributed by atoms with Crippen molar-refractivity contribution in [3.63, 3.8) is 0 Å². The van der Waals surface area contributed by atoms with Gasteiger partial charge in [-0.05, 0) is 23.8 Å². The molecule has 0 aliphatic rings. The minimum absolute atomic E-state index is 0.0239. The second-order valence-electron chi connectivity index (χ2n) is 4.04. The first-order valence-corrected chi connectivity index (χ1v) is 5.85. The number of hydrogen-bond acceptors (Lipinski definition) is 3. The number of aromatic nitrogens is 1. The highest BCUT2D eigenvalue weighted by atomic mass is 16.5. The van der Waals surface area contributed by atoms with Crippen molar-refractivity contribution in [1.29, 1.82) is 0 Å². The molecule has 1 amide bonds. The first kappa shape index (κ1) is 12.4. The van der Waals surface area contributed by atoms with Crippen LogP contribution in [0.4, 0.5) is 0 Å². The summed E-state index contributed by atoms with van der Waals surface area (Å²) >= 11 is 0. The fraction of sp³-hybridized carbons (Fsp3) is 0.308. The maximum Gasteiger partial charge on any atom is 0.224 e. The smallest absolute Gasteiger partial charge is 0.224 e. The highest BCUT2D eigenvalue weighted by Crippen LogP contribution is 2.23. The standard InChI is InChI=1S/C13H17N3O2/c1-18-10-2-3-12-11(7-10)9(8-16-12)6-13(17)15-5-4-14/h2-3,7-8,16H,4-6,14H2,1H3,(H,15,17). The number of carbonyl (C=O) groups excluding carboxylic acids is 1. The van der Waals surface area contributed by atoms with Crippen molar-refractivity contribution in [1.82, 2.24) is 10.3 Å². The number of hydrogen-bond donors (Lipinski definition) is 3. The lowest BCUT2D eigenvalue weighted by atomic mass is 10.1. The van der Waals surface area contributed by atoms with Gasteiger partial charge in [0.25, 0.3) is 0 Å². The maximum atomic E-state index is 11.7. The van der Waals surface area contributed by atoms with Crippen LogP contribution in [0.5, 0.6) is 5.75 Å². The second kappa shape index (κ2) is 5.55. The molecule has 5 heteroatoms. The minimum Gasteiger partial charge on any atom is -0.497 e. The second-order valence-corrected chi connectivity index (χ2v) is 4.04. The highest BCUT2D eigenvalue weighted by Gasteiger charge is 2.09. The Kier molecular flexibility index (Phi) is 3.84. The zero-order valence-corrected chi connectivity index (χ0v) is 10.3. The van der Waals surface area contributed by atoms with Gasteiger partial charge in [0.1, 0.15) is 5.75 Å². The third-order valence-corrected chi connectivity index (χ3v) is 2.79. The Balaban J connectivity index is 2.20. The van der Waals surface area contributed by atoms with Gasteiger partial charge >= 0.3 is 0 Å². The molecule has 18 heavy (non-hydrogen) atoms. The number of fused-ring (bicyclic) bond motifs is 1. The summed E-state index contributed by atoms with van der Waals surface area (Å²) in [6, 6.07) is 5.75. The van der Waals surface area contributed by atoms with E-state index in [1.807, 2.05) is 24.4 Å².